The van der Waals surface area contributed by atoms with Gasteiger partial charge < -0.3 is 5.32 Å². The molecule has 0 aliphatic carbocycles. The van der Waals surface area contributed by atoms with Gasteiger partial charge in [-0.3, -0.25) is 20.0 Å². The predicted molar refractivity (Wildman–Crippen MR) is 103 cm³/mol. The molecule has 9 heteroatoms. The van der Waals surface area contributed by atoms with E-state index in [9.17, 15) is 9.18 Å². The maximum atomic E-state index is 13.5. The molecule has 3 aromatic rings. The number of pyridine rings is 1. The first-order valence-electron chi connectivity index (χ1n) is 7.47. The molecule has 0 fully saturated rings. The van der Waals surface area contributed by atoms with E-state index in [4.69, 9.17) is 23.8 Å². The number of amides is 1. The number of hydrogen-bond acceptors (Lipinski definition) is 3. The number of carbonyl (C=O) groups is 1. The van der Waals surface area contributed by atoms with Crippen LogP contribution in [0.2, 0.25) is 5.15 Å². The van der Waals surface area contributed by atoms with Crippen molar-refractivity contribution in [3.05, 3.63) is 71.4 Å². The van der Waals surface area contributed by atoms with Gasteiger partial charge in [-0.2, -0.15) is 0 Å². The first kappa shape index (κ1) is 17.8. The quantitative estimate of drug-likeness (QED) is 0.364. The van der Waals surface area contributed by atoms with E-state index in [0.29, 0.717) is 11.3 Å². The fraction of sp³-hybridized carbons (Fsp3) is 0. The number of nitrogens with one attached hydrogen (secondary N) is 3. The highest BCUT2D eigenvalue weighted by Crippen LogP contribution is 2.18. The summed E-state index contributed by atoms with van der Waals surface area (Å²) in [5.74, 6) is -0.922. The molecule has 0 bridgehead atoms. The zero-order valence-electron chi connectivity index (χ0n) is 13.2. The van der Waals surface area contributed by atoms with Crippen LogP contribution in [-0.2, 0) is 4.79 Å². The first-order valence-corrected chi connectivity index (χ1v) is 8.25. The number of thiocarbonyl (C=S) groups is 1. The summed E-state index contributed by atoms with van der Waals surface area (Å²) in [6, 6.07) is 11.5. The zero-order chi connectivity index (χ0) is 18.5. The van der Waals surface area contributed by atoms with Crippen molar-refractivity contribution < 1.29 is 9.18 Å². The third-order valence-corrected chi connectivity index (χ3v) is 3.82. The van der Waals surface area contributed by atoms with E-state index >= 15 is 0 Å². The van der Waals surface area contributed by atoms with Crippen LogP contribution in [0.5, 0.6) is 0 Å². The van der Waals surface area contributed by atoms with Gasteiger partial charge in [-0.15, -0.1) is 0 Å². The standard InChI is InChI=1S/C17H13ClFN5OS/c18-16-13(24-10-4-3-7-14(24)21-16)8-9-15(25)22-23-17(26)20-12-6-2-1-5-11(12)19/h1-10H,(H,22,25)(H2,20,23,26)/b9-8+. The van der Waals surface area contributed by atoms with Gasteiger partial charge in [0.2, 0.25) is 0 Å². The number of halogens is 2. The van der Waals surface area contributed by atoms with Crippen LogP contribution in [0.4, 0.5) is 10.1 Å². The predicted octanol–water partition coefficient (Wildman–Crippen LogP) is 3.16. The monoisotopic (exact) mass is 389 g/mol. The Bertz CT molecular complexity index is 1000. The molecule has 0 radical (unpaired) electrons. The summed E-state index contributed by atoms with van der Waals surface area (Å²) in [6.07, 6.45) is 4.60. The molecule has 132 valence electrons. The number of anilines is 1. The molecule has 1 amide bonds. The SMILES string of the molecule is O=C(/C=C/c1c(Cl)nc2ccccn12)NNC(=S)Nc1ccccc1F. The largest absolute Gasteiger partial charge is 0.329 e. The maximum absolute atomic E-state index is 13.5. The highest BCUT2D eigenvalue weighted by molar-refractivity contribution is 7.80. The Hall–Kier alpha value is -2.97. The van der Waals surface area contributed by atoms with Crippen molar-refractivity contribution in [3.8, 4) is 0 Å². The van der Waals surface area contributed by atoms with Crippen molar-refractivity contribution >= 4 is 52.2 Å². The molecule has 2 aromatic heterocycles. The summed E-state index contributed by atoms with van der Waals surface area (Å²) in [5.41, 5.74) is 6.31. The van der Waals surface area contributed by atoms with Crippen molar-refractivity contribution in [2.75, 3.05) is 5.32 Å². The molecule has 6 nitrogen and oxygen atoms in total. The molecule has 0 atom stereocenters. The Morgan fingerprint density at radius 2 is 1.96 bits per heavy atom. The molecule has 3 rings (SSSR count). The highest BCUT2D eigenvalue weighted by atomic mass is 35.5. The fourth-order valence-corrected chi connectivity index (χ4v) is 2.57. The lowest BCUT2D eigenvalue weighted by atomic mass is 10.3. The summed E-state index contributed by atoms with van der Waals surface area (Å²) < 4.78 is 15.3. The number of benzene rings is 1. The van der Waals surface area contributed by atoms with Gasteiger partial charge in [0.15, 0.2) is 10.3 Å². The number of hydrazine groups is 1. The van der Waals surface area contributed by atoms with Gasteiger partial charge in [-0.05, 0) is 42.6 Å². The smallest absolute Gasteiger partial charge is 0.262 e. The highest BCUT2D eigenvalue weighted by Gasteiger charge is 2.07. The Morgan fingerprint density at radius 3 is 2.77 bits per heavy atom. The van der Waals surface area contributed by atoms with Crippen LogP contribution in [0.1, 0.15) is 5.69 Å². The van der Waals surface area contributed by atoms with Gasteiger partial charge in [-0.25, -0.2) is 9.37 Å². The summed E-state index contributed by atoms with van der Waals surface area (Å²) >= 11 is 11.1. The summed E-state index contributed by atoms with van der Waals surface area (Å²) in [5, 5.41) is 2.97. The molecule has 0 saturated heterocycles. The van der Waals surface area contributed by atoms with Gasteiger partial charge in [0, 0.05) is 12.3 Å². The molecule has 3 N–H and O–H groups in total. The number of rotatable bonds is 3. The third-order valence-electron chi connectivity index (χ3n) is 3.34. The van der Waals surface area contributed by atoms with Crippen molar-refractivity contribution in [1.82, 2.24) is 20.2 Å². The van der Waals surface area contributed by atoms with Crippen LogP contribution < -0.4 is 16.2 Å². The van der Waals surface area contributed by atoms with Crippen LogP contribution in [-0.4, -0.2) is 20.4 Å². The van der Waals surface area contributed by atoms with E-state index in [-0.39, 0.29) is 16.0 Å². The number of nitrogens with zero attached hydrogens (tertiary/aromatic N) is 2. The Labute approximate surface area is 158 Å². The van der Waals surface area contributed by atoms with Crippen molar-refractivity contribution in [2.24, 2.45) is 0 Å². The second-order valence-corrected chi connectivity index (χ2v) is 5.86. The van der Waals surface area contributed by atoms with Crippen LogP contribution in [0, 0.1) is 5.82 Å². The van der Waals surface area contributed by atoms with Gasteiger partial charge in [0.1, 0.15) is 11.5 Å². The van der Waals surface area contributed by atoms with Gasteiger partial charge >= 0.3 is 0 Å². The van der Waals surface area contributed by atoms with Crippen molar-refractivity contribution in [1.29, 1.82) is 0 Å². The number of aromatic nitrogens is 2. The molecular formula is C17H13ClFN5OS. The molecule has 0 aliphatic rings. The van der Waals surface area contributed by atoms with E-state index in [1.165, 1.54) is 24.3 Å². The lowest BCUT2D eigenvalue weighted by Gasteiger charge is -2.10. The fourth-order valence-electron chi connectivity index (χ4n) is 2.17. The molecular weight excluding hydrogens is 377 g/mol. The van der Waals surface area contributed by atoms with Gasteiger partial charge in [0.25, 0.3) is 5.91 Å². The maximum Gasteiger partial charge on any atom is 0.262 e. The van der Waals surface area contributed by atoms with Crippen LogP contribution >= 0.6 is 23.8 Å². The van der Waals surface area contributed by atoms with E-state index in [2.05, 4.69) is 21.2 Å². The summed E-state index contributed by atoms with van der Waals surface area (Å²) in [6.45, 7) is 0. The first-order chi connectivity index (χ1) is 12.5. The number of carbonyl (C=O) groups excluding carboxylic acids is 1. The van der Waals surface area contributed by atoms with E-state index < -0.39 is 11.7 Å². The normalized spacial score (nSPS) is 10.8. The van der Waals surface area contributed by atoms with E-state index in [1.54, 1.807) is 28.8 Å². The minimum absolute atomic E-state index is 0.0460. The average molecular weight is 390 g/mol. The zero-order valence-corrected chi connectivity index (χ0v) is 14.8. The Morgan fingerprint density at radius 1 is 1.19 bits per heavy atom. The Kier molecular flexibility index (Phi) is 5.45. The molecule has 0 saturated carbocycles. The number of hydrogen-bond donors (Lipinski definition) is 3. The molecule has 1 aromatic carbocycles. The topological polar surface area (TPSA) is 70.5 Å². The van der Waals surface area contributed by atoms with Crippen molar-refractivity contribution in [2.45, 2.75) is 0 Å². The van der Waals surface area contributed by atoms with E-state index in [0.717, 1.165) is 0 Å². The summed E-state index contributed by atoms with van der Waals surface area (Å²) in [7, 11) is 0. The number of imidazole rings is 1. The number of fused-ring (bicyclic) bond motifs is 1. The lowest BCUT2D eigenvalue weighted by Crippen LogP contribution is -2.43. The minimum atomic E-state index is -0.468. The second kappa shape index (κ2) is 7.94. The van der Waals surface area contributed by atoms with Crippen molar-refractivity contribution in [3.63, 3.8) is 0 Å². The van der Waals surface area contributed by atoms with Gasteiger partial charge in [-0.1, -0.05) is 29.8 Å². The van der Waals surface area contributed by atoms with E-state index in [1.807, 2.05) is 12.1 Å². The number of para-hydroxylation sites is 1. The van der Waals surface area contributed by atoms with Gasteiger partial charge in [0.05, 0.1) is 11.4 Å². The van der Waals surface area contributed by atoms with Crippen LogP contribution in [0.15, 0.2) is 54.7 Å². The molecule has 2 heterocycles. The summed E-state index contributed by atoms with van der Waals surface area (Å²) in [4.78, 5) is 16.1. The lowest BCUT2D eigenvalue weighted by molar-refractivity contribution is -0.116. The second-order valence-electron chi connectivity index (χ2n) is 5.10. The molecule has 0 unspecified atom stereocenters. The molecule has 26 heavy (non-hydrogen) atoms. The third kappa shape index (κ3) is 4.16. The minimum Gasteiger partial charge on any atom is -0.329 e. The molecule has 0 spiro atoms. The Balaban J connectivity index is 1.58. The molecule has 0 aliphatic heterocycles. The van der Waals surface area contributed by atoms with Crippen LogP contribution in [0.3, 0.4) is 0 Å². The van der Waals surface area contributed by atoms with Crippen LogP contribution in [0.25, 0.3) is 11.7 Å². The average Bonchev–Trinajstić information content (AvgIpc) is 2.95.